The van der Waals surface area contributed by atoms with Gasteiger partial charge in [0.05, 0.1) is 0 Å². The molecule has 0 aliphatic rings. The average molecular weight is 284 g/mol. The van der Waals surface area contributed by atoms with E-state index in [0.717, 1.165) is 18.7 Å². The molecule has 0 bridgehead atoms. The van der Waals surface area contributed by atoms with Crippen molar-refractivity contribution in [1.82, 2.24) is 15.0 Å². The molecule has 1 unspecified atom stereocenters. The Balaban J connectivity index is 2.80. The molecule has 0 fully saturated rings. The van der Waals surface area contributed by atoms with Crippen molar-refractivity contribution in [3.05, 3.63) is 0 Å². The second-order valence-corrected chi connectivity index (χ2v) is 5.52. The molecule has 6 nitrogen and oxygen atoms in total. The maximum atomic E-state index is 4.41. The molecule has 1 aromatic rings. The molecule has 0 spiro atoms. The topological polar surface area (TPSA) is 66.0 Å². The zero-order valence-corrected chi connectivity index (χ0v) is 13.2. The highest BCUT2D eigenvalue weighted by molar-refractivity contribution is 7.98. The normalized spacial score (nSPS) is 12.1. The van der Waals surface area contributed by atoms with E-state index in [1.165, 1.54) is 0 Å². The highest BCUT2D eigenvalue weighted by Crippen LogP contribution is 2.13. The van der Waals surface area contributed by atoms with Crippen LogP contribution in [0.25, 0.3) is 0 Å². The molecule has 0 amide bonds. The van der Waals surface area contributed by atoms with E-state index in [2.05, 4.69) is 38.8 Å². The van der Waals surface area contributed by atoms with Crippen LogP contribution in [0.15, 0.2) is 0 Å². The molecule has 1 aromatic heterocycles. The molecule has 0 radical (unpaired) electrons. The molecule has 108 valence electrons. The maximum Gasteiger partial charge on any atom is 0.231 e. The number of nitrogens with zero attached hydrogens (tertiary/aromatic N) is 4. The van der Waals surface area contributed by atoms with E-state index < -0.39 is 0 Å². The predicted octanol–water partition coefficient (Wildman–Crippen LogP) is 1.92. The molecule has 7 heteroatoms. The molecule has 19 heavy (non-hydrogen) atoms. The van der Waals surface area contributed by atoms with E-state index in [9.17, 15) is 0 Å². The monoisotopic (exact) mass is 284 g/mol. The predicted molar refractivity (Wildman–Crippen MR) is 84.4 cm³/mol. The summed E-state index contributed by atoms with van der Waals surface area (Å²) in [5.41, 5.74) is 0. The lowest BCUT2D eigenvalue weighted by molar-refractivity contribution is 0.757. The first kappa shape index (κ1) is 15.8. The number of aromatic nitrogens is 3. The Morgan fingerprint density at radius 3 is 2.47 bits per heavy atom. The average Bonchev–Trinajstić information content (AvgIpc) is 2.36. The van der Waals surface area contributed by atoms with Gasteiger partial charge in [0.2, 0.25) is 17.8 Å². The summed E-state index contributed by atoms with van der Waals surface area (Å²) in [5, 5.41) is 6.46. The summed E-state index contributed by atoms with van der Waals surface area (Å²) in [6.45, 7) is 4.95. The Bertz CT molecular complexity index is 384. The maximum absolute atomic E-state index is 4.41. The van der Waals surface area contributed by atoms with E-state index in [1.807, 2.05) is 37.7 Å². The highest BCUT2D eigenvalue weighted by Gasteiger charge is 2.09. The smallest absolute Gasteiger partial charge is 0.231 e. The zero-order valence-electron chi connectivity index (χ0n) is 12.4. The molecule has 0 aromatic carbocycles. The molecule has 0 aliphatic carbocycles. The largest absolute Gasteiger partial charge is 0.354 e. The van der Waals surface area contributed by atoms with E-state index in [0.29, 0.717) is 23.9 Å². The van der Waals surface area contributed by atoms with Crippen molar-refractivity contribution >= 4 is 29.6 Å². The standard InChI is InChI=1S/C12H24N6S/c1-6-13-10-15-11(14-9(2)7-8-19-5)17-12(16-10)18(3)4/h9H,6-8H2,1-5H3,(H2,13,14,15,16,17). The first-order valence-corrected chi connectivity index (χ1v) is 7.89. The van der Waals surface area contributed by atoms with Gasteiger partial charge in [-0.1, -0.05) is 0 Å². The third-order valence-electron chi connectivity index (χ3n) is 2.49. The minimum Gasteiger partial charge on any atom is -0.354 e. The summed E-state index contributed by atoms with van der Waals surface area (Å²) in [6.07, 6.45) is 3.20. The van der Waals surface area contributed by atoms with Gasteiger partial charge in [-0.25, -0.2) is 0 Å². The van der Waals surface area contributed by atoms with Crippen molar-refractivity contribution in [2.24, 2.45) is 0 Å². The van der Waals surface area contributed by atoms with Gasteiger partial charge in [0.25, 0.3) is 0 Å². The Labute approximate surface area is 119 Å². The highest BCUT2D eigenvalue weighted by atomic mass is 32.2. The van der Waals surface area contributed by atoms with Crippen molar-refractivity contribution in [3.63, 3.8) is 0 Å². The minimum absolute atomic E-state index is 0.347. The van der Waals surface area contributed by atoms with Crippen LogP contribution in [0.2, 0.25) is 0 Å². The van der Waals surface area contributed by atoms with Crippen molar-refractivity contribution < 1.29 is 0 Å². The van der Waals surface area contributed by atoms with Crippen LogP contribution < -0.4 is 15.5 Å². The van der Waals surface area contributed by atoms with Crippen LogP contribution >= 0.6 is 11.8 Å². The minimum atomic E-state index is 0.347. The Hall–Kier alpha value is -1.24. The summed E-state index contributed by atoms with van der Waals surface area (Å²) in [6, 6.07) is 0.347. The van der Waals surface area contributed by atoms with Crippen molar-refractivity contribution in [2.75, 3.05) is 48.2 Å². The fourth-order valence-corrected chi connectivity index (χ4v) is 2.04. The quantitative estimate of drug-likeness (QED) is 0.756. The summed E-state index contributed by atoms with van der Waals surface area (Å²) in [4.78, 5) is 15.0. The van der Waals surface area contributed by atoms with Crippen LogP contribution in [0.3, 0.4) is 0 Å². The van der Waals surface area contributed by atoms with Crippen LogP contribution in [-0.2, 0) is 0 Å². The zero-order chi connectivity index (χ0) is 14.3. The van der Waals surface area contributed by atoms with E-state index >= 15 is 0 Å². The summed E-state index contributed by atoms with van der Waals surface area (Å²) in [7, 11) is 3.85. The molecule has 2 N–H and O–H groups in total. The van der Waals surface area contributed by atoms with Gasteiger partial charge in [0.1, 0.15) is 0 Å². The third kappa shape index (κ3) is 5.50. The van der Waals surface area contributed by atoms with Gasteiger partial charge < -0.3 is 15.5 Å². The van der Waals surface area contributed by atoms with Gasteiger partial charge in [0, 0.05) is 26.7 Å². The first-order valence-electron chi connectivity index (χ1n) is 6.49. The van der Waals surface area contributed by atoms with Gasteiger partial charge in [-0.15, -0.1) is 0 Å². The number of rotatable bonds is 8. The van der Waals surface area contributed by atoms with Gasteiger partial charge in [-0.05, 0) is 32.3 Å². The fourth-order valence-electron chi connectivity index (χ4n) is 1.45. The first-order chi connectivity index (χ1) is 9.06. The summed E-state index contributed by atoms with van der Waals surface area (Å²) in [5.74, 6) is 3.02. The fraction of sp³-hybridized carbons (Fsp3) is 0.750. The van der Waals surface area contributed by atoms with Crippen LogP contribution in [0.5, 0.6) is 0 Å². The number of thioether (sulfide) groups is 1. The number of hydrogen-bond donors (Lipinski definition) is 2. The van der Waals surface area contributed by atoms with Gasteiger partial charge in [-0.2, -0.15) is 26.7 Å². The molecular formula is C12H24N6S. The lowest BCUT2D eigenvalue weighted by Crippen LogP contribution is -2.21. The van der Waals surface area contributed by atoms with Gasteiger partial charge >= 0.3 is 0 Å². The lowest BCUT2D eigenvalue weighted by Gasteiger charge is -2.16. The van der Waals surface area contributed by atoms with Crippen LogP contribution in [0, 0.1) is 0 Å². The van der Waals surface area contributed by atoms with Crippen molar-refractivity contribution in [2.45, 2.75) is 26.3 Å². The van der Waals surface area contributed by atoms with E-state index in [4.69, 9.17) is 0 Å². The molecule has 1 rings (SSSR count). The molecule has 1 atom stereocenters. The number of hydrogen-bond acceptors (Lipinski definition) is 7. The van der Waals surface area contributed by atoms with Gasteiger partial charge in [0.15, 0.2) is 0 Å². The van der Waals surface area contributed by atoms with Crippen LogP contribution in [-0.4, -0.2) is 53.6 Å². The van der Waals surface area contributed by atoms with E-state index in [1.54, 1.807) is 0 Å². The molecule has 0 saturated carbocycles. The molecule has 0 aliphatic heterocycles. The summed E-state index contributed by atoms with van der Waals surface area (Å²) < 4.78 is 0. The second-order valence-electron chi connectivity index (χ2n) is 4.53. The SMILES string of the molecule is CCNc1nc(NC(C)CCSC)nc(N(C)C)n1. The third-order valence-corrected chi connectivity index (χ3v) is 3.13. The number of nitrogens with one attached hydrogen (secondary N) is 2. The Morgan fingerprint density at radius 1 is 1.21 bits per heavy atom. The molecule has 0 saturated heterocycles. The molecule has 1 heterocycles. The van der Waals surface area contributed by atoms with Crippen LogP contribution in [0.4, 0.5) is 17.8 Å². The van der Waals surface area contributed by atoms with Crippen molar-refractivity contribution in [3.8, 4) is 0 Å². The molecular weight excluding hydrogens is 260 g/mol. The van der Waals surface area contributed by atoms with E-state index in [-0.39, 0.29) is 0 Å². The van der Waals surface area contributed by atoms with Crippen molar-refractivity contribution in [1.29, 1.82) is 0 Å². The Morgan fingerprint density at radius 2 is 1.89 bits per heavy atom. The number of anilines is 3. The lowest BCUT2D eigenvalue weighted by atomic mass is 10.3. The summed E-state index contributed by atoms with van der Waals surface area (Å²) >= 11 is 1.85. The second kappa shape index (κ2) is 8.04. The van der Waals surface area contributed by atoms with Crippen LogP contribution in [0.1, 0.15) is 20.3 Å². The Kier molecular flexibility index (Phi) is 6.69. The van der Waals surface area contributed by atoms with Gasteiger partial charge in [-0.3, -0.25) is 0 Å².